The number of carboxylic acid groups (broad SMARTS) is 1. The number of aromatic nitrogens is 3. The number of carbonyl (C=O) groups is 3. The Labute approximate surface area is 217 Å². The fourth-order valence-corrected chi connectivity index (χ4v) is 5.19. The normalized spacial score (nSPS) is 21.3. The number of carboxylic acids is 1. The Morgan fingerprint density at radius 3 is 2.68 bits per heavy atom. The third-order valence-electron chi connectivity index (χ3n) is 6.92. The second kappa shape index (κ2) is 9.22. The molecule has 3 aromatic rings. The highest BCUT2D eigenvalue weighted by Gasteiger charge is 2.56. The molecule has 0 unspecified atom stereocenters. The lowest BCUT2D eigenvalue weighted by molar-refractivity contribution is -0.141. The first-order valence-corrected chi connectivity index (χ1v) is 12.0. The summed E-state index contributed by atoms with van der Waals surface area (Å²) in [6, 6.07) is 3.20. The van der Waals surface area contributed by atoms with Crippen molar-refractivity contribution in [3.8, 4) is 0 Å². The van der Waals surface area contributed by atoms with Crippen LogP contribution in [0, 0.1) is 11.7 Å². The Bertz CT molecular complexity index is 1480. The van der Waals surface area contributed by atoms with E-state index >= 15 is 0 Å². The van der Waals surface area contributed by atoms with Gasteiger partial charge in [0, 0.05) is 17.0 Å². The molecule has 4 atom stereocenters. The molecule has 9 nitrogen and oxygen atoms in total. The van der Waals surface area contributed by atoms with Crippen molar-refractivity contribution in [2.75, 3.05) is 0 Å². The fourth-order valence-electron chi connectivity index (χ4n) is 5.01. The van der Waals surface area contributed by atoms with Gasteiger partial charge >= 0.3 is 12.1 Å². The molecule has 0 radical (unpaired) electrons. The first kappa shape index (κ1) is 25.9. The lowest BCUT2D eigenvalue weighted by Gasteiger charge is -2.28. The summed E-state index contributed by atoms with van der Waals surface area (Å²) in [5.74, 6) is -3.18. The quantitative estimate of drug-likeness (QED) is 0.448. The molecular weight excluding hydrogens is 534 g/mol. The lowest BCUT2D eigenvalue weighted by atomic mass is 10.1. The van der Waals surface area contributed by atoms with E-state index in [4.69, 9.17) is 11.6 Å². The van der Waals surface area contributed by atoms with Gasteiger partial charge in [0.1, 0.15) is 24.1 Å². The molecule has 1 aliphatic carbocycles. The molecule has 1 saturated carbocycles. The second-order valence-corrected chi connectivity index (χ2v) is 9.79. The number of hydrogen-bond donors (Lipinski definition) is 2. The molecule has 3 heterocycles. The summed E-state index contributed by atoms with van der Waals surface area (Å²) in [5.41, 5.74) is -1.83. The Hall–Kier alpha value is -3.74. The summed E-state index contributed by atoms with van der Waals surface area (Å²) in [6.45, 7) is 1.07. The number of fused-ring (bicyclic) bond motifs is 2. The smallest absolute Gasteiger partial charge is 0.433 e. The monoisotopic (exact) mass is 553 g/mol. The maximum atomic E-state index is 14.4. The zero-order valence-electron chi connectivity index (χ0n) is 19.7. The largest absolute Gasteiger partial charge is 0.476 e. The zero-order valence-corrected chi connectivity index (χ0v) is 20.4. The molecule has 14 heteroatoms. The summed E-state index contributed by atoms with van der Waals surface area (Å²) in [5, 5.41) is 15.6. The molecule has 38 heavy (non-hydrogen) atoms. The number of carbonyl (C=O) groups excluding carboxylic acids is 2. The van der Waals surface area contributed by atoms with Gasteiger partial charge in [-0.1, -0.05) is 23.7 Å². The molecule has 1 saturated heterocycles. The highest BCUT2D eigenvalue weighted by atomic mass is 35.5. The van der Waals surface area contributed by atoms with Crippen LogP contribution >= 0.6 is 11.6 Å². The van der Waals surface area contributed by atoms with Gasteiger partial charge in [0.05, 0.1) is 22.8 Å². The minimum atomic E-state index is -4.80. The molecule has 2 aliphatic rings. The van der Waals surface area contributed by atoms with Gasteiger partial charge in [0.25, 0.3) is 0 Å². The van der Waals surface area contributed by atoms with Crippen LogP contribution in [0.2, 0.25) is 5.02 Å². The van der Waals surface area contributed by atoms with Crippen LogP contribution in [0.1, 0.15) is 47.6 Å². The average Bonchev–Trinajstić information content (AvgIpc) is 3.35. The predicted molar refractivity (Wildman–Crippen MR) is 125 cm³/mol. The van der Waals surface area contributed by atoms with Crippen LogP contribution in [-0.2, 0) is 22.3 Å². The van der Waals surface area contributed by atoms with Crippen LogP contribution in [0.25, 0.3) is 10.9 Å². The Balaban J connectivity index is 1.38. The van der Waals surface area contributed by atoms with Crippen LogP contribution in [0.3, 0.4) is 0 Å². The second-order valence-electron chi connectivity index (χ2n) is 9.38. The number of piperidine rings is 1. The molecule has 2 N–H and O–H groups in total. The average molecular weight is 554 g/mol. The first-order chi connectivity index (χ1) is 17.9. The number of aromatic carboxylic acids is 1. The van der Waals surface area contributed by atoms with Gasteiger partial charge < -0.3 is 15.3 Å². The van der Waals surface area contributed by atoms with Crippen molar-refractivity contribution in [3.05, 3.63) is 58.3 Å². The van der Waals surface area contributed by atoms with Crippen molar-refractivity contribution < 1.29 is 37.1 Å². The molecule has 2 amide bonds. The van der Waals surface area contributed by atoms with Crippen molar-refractivity contribution in [1.29, 1.82) is 0 Å². The number of nitrogens with zero attached hydrogens (tertiary/aromatic N) is 4. The number of amides is 2. The number of likely N-dealkylation sites (tertiary alicyclic amines) is 1. The Kier molecular flexibility index (Phi) is 6.28. The molecule has 0 spiro atoms. The molecule has 200 valence electrons. The van der Waals surface area contributed by atoms with Gasteiger partial charge in [0.15, 0.2) is 5.69 Å². The predicted octanol–water partition coefficient (Wildman–Crippen LogP) is 3.81. The van der Waals surface area contributed by atoms with Crippen LogP contribution in [0.5, 0.6) is 0 Å². The summed E-state index contributed by atoms with van der Waals surface area (Å²) in [7, 11) is 0. The molecule has 1 aromatic carbocycles. The van der Waals surface area contributed by atoms with Crippen LogP contribution in [0.15, 0.2) is 30.5 Å². The lowest BCUT2D eigenvalue weighted by Crippen LogP contribution is -2.49. The highest BCUT2D eigenvalue weighted by Crippen LogP contribution is 2.48. The van der Waals surface area contributed by atoms with Crippen molar-refractivity contribution in [2.45, 2.75) is 50.6 Å². The Morgan fingerprint density at radius 1 is 1.26 bits per heavy atom. The Morgan fingerprint density at radius 2 is 2.00 bits per heavy atom. The van der Waals surface area contributed by atoms with Crippen LogP contribution in [0.4, 0.5) is 17.6 Å². The summed E-state index contributed by atoms with van der Waals surface area (Å²) >= 11 is 5.84. The van der Waals surface area contributed by atoms with E-state index < -0.39 is 59.8 Å². The molecular formula is C24H20ClF4N5O4. The highest BCUT2D eigenvalue weighted by molar-refractivity contribution is 6.30. The number of hydrogen-bond acceptors (Lipinski definition) is 5. The van der Waals surface area contributed by atoms with Crippen LogP contribution in [-0.4, -0.2) is 54.6 Å². The van der Waals surface area contributed by atoms with Crippen molar-refractivity contribution in [3.63, 3.8) is 0 Å². The van der Waals surface area contributed by atoms with E-state index in [1.54, 1.807) is 13.0 Å². The van der Waals surface area contributed by atoms with Gasteiger partial charge in [-0.05, 0) is 37.8 Å². The minimum Gasteiger partial charge on any atom is -0.476 e. The van der Waals surface area contributed by atoms with E-state index in [0.29, 0.717) is 18.9 Å². The molecule has 1 aliphatic heterocycles. The summed E-state index contributed by atoms with van der Waals surface area (Å²) in [6.07, 6.45) is -2.90. The number of pyridine rings is 1. The maximum absolute atomic E-state index is 14.4. The topological polar surface area (TPSA) is 117 Å². The summed E-state index contributed by atoms with van der Waals surface area (Å²) < 4.78 is 54.7. The van der Waals surface area contributed by atoms with Crippen molar-refractivity contribution in [2.24, 2.45) is 5.92 Å². The SMILES string of the molecule is C[C@@H](NC(=O)[C@@H]1C[C@H]2C[C@H]2N1C(=O)Cn1nc(C(=O)O)c2cc(C(F)(F)F)ncc21)c1cccc(Cl)c1F. The zero-order chi connectivity index (χ0) is 27.5. The van der Waals surface area contributed by atoms with Gasteiger partial charge in [0.2, 0.25) is 11.8 Å². The first-order valence-electron chi connectivity index (χ1n) is 11.6. The van der Waals surface area contributed by atoms with E-state index in [1.165, 1.54) is 17.0 Å². The van der Waals surface area contributed by atoms with E-state index in [1.807, 2.05) is 0 Å². The van der Waals surface area contributed by atoms with Crippen molar-refractivity contribution in [1.82, 2.24) is 25.0 Å². The number of rotatable bonds is 6. The third kappa shape index (κ3) is 4.55. The molecule has 2 aromatic heterocycles. The van der Waals surface area contributed by atoms with Gasteiger partial charge in [-0.15, -0.1) is 0 Å². The van der Waals surface area contributed by atoms with E-state index in [0.717, 1.165) is 10.9 Å². The molecule has 0 bridgehead atoms. The van der Waals surface area contributed by atoms with E-state index in [9.17, 15) is 37.1 Å². The standard InChI is InChI=1S/C24H20ClF4N5O4/c1-10(12-3-2-4-14(25)20(12)26)31-22(36)16-6-11-5-15(11)34(16)19(35)9-33-17-8-30-18(24(27,28)29)7-13(17)21(32-33)23(37)38/h2-4,7-8,10-11,15-16H,5-6,9H2,1H3,(H,31,36)(H,37,38)/t10-,11-,15-,16+/m1/s1. The number of benzene rings is 1. The van der Waals surface area contributed by atoms with Gasteiger partial charge in [-0.2, -0.15) is 18.3 Å². The summed E-state index contributed by atoms with van der Waals surface area (Å²) in [4.78, 5) is 42.8. The van der Waals surface area contributed by atoms with Crippen LogP contribution < -0.4 is 5.32 Å². The van der Waals surface area contributed by atoms with Gasteiger partial charge in [-0.25, -0.2) is 14.2 Å². The number of nitrogens with one attached hydrogen (secondary N) is 1. The minimum absolute atomic E-state index is 0.0682. The number of alkyl halides is 3. The van der Waals surface area contributed by atoms with Gasteiger partial charge in [-0.3, -0.25) is 14.3 Å². The number of halogens is 5. The molecule has 5 rings (SSSR count). The van der Waals surface area contributed by atoms with E-state index in [-0.39, 0.29) is 33.4 Å². The molecule has 2 fully saturated rings. The van der Waals surface area contributed by atoms with Crippen molar-refractivity contribution >= 4 is 40.3 Å². The maximum Gasteiger partial charge on any atom is 0.433 e. The van der Waals surface area contributed by atoms with E-state index in [2.05, 4.69) is 15.4 Å². The third-order valence-corrected chi connectivity index (χ3v) is 7.21. The fraction of sp³-hybridized carbons (Fsp3) is 0.375.